The van der Waals surface area contributed by atoms with Gasteiger partial charge in [-0.2, -0.15) is 0 Å². The maximum atomic E-state index is 11.0. The van der Waals surface area contributed by atoms with Crippen molar-refractivity contribution in [2.75, 3.05) is 0 Å². The number of benzene rings is 1. The Kier molecular flexibility index (Phi) is 2.15. The number of nitrogens with one attached hydrogen (secondary N) is 1. The largest absolute Gasteiger partial charge is 0.508 e. The topological polar surface area (TPSA) is 49.3 Å². The molecule has 0 unspecified atom stereocenters. The molecule has 3 nitrogen and oxygen atoms in total. The van der Waals surface area contributed by atoms with Crippen molar-refractivity contribution >= 4 is 5.91 Å². The molecule has 2 rings (SSSR count). The van der Waals surface area contributed by atoms with E-state index in [0.717, 1.165) is 17.5 Å². The van der Waals surface area contributed by atoms with E-state index in [1.165, 1.54) is 0 Å². The Balaban J connectivity index is 2.28. The summed E-state index contributed by atoms with van der Waals surface area (Å²) >= 11 is 0. The first kappa shape index (κ1) is 9.06. The molecule has 0 aromatic heterocycles. The molecule has 1 heterocycles. The number of carbonyl (C=O) groups excluding carboxylic acids is 1. The van der Waals surface area contributed by atoms with Gasteiger partial charge in [0.15, 0.2) is 0 Å². The molecule has 74 valence electrons. The van der Waals surface area contributed by atoms with Crippen molar-refractivity contribution in [3.05, 3.63) is 29.3 Å². The quantitative estimate of drug-likeness (QED) is 0.709. The second-order valence-electron chi connectivity index (χ2n) is 3.72. The normalized spacial score (nSPS) is 20.9. The Labute approximate surface area is 82.8 Å². The summed E-state index contributed by atoms with van der Waals surface area (Å²) in [4.78, 5) is 11.0. The van der Waals surface area contributed by atoms with E-state index in [4.69, 9.17) is 0 Å². The molecule has 1 aromatic carbocycles. The van der Waals surface area contributed by atoms with Crippen LogP contribution in [0.15, 0.2) is 18.2 Å². The SMILES string of the molecule is Cc1ccc([C@H]2CCC(=O)N2)c(O)c1. The number of phenolic OH excluding ortho intramolecular Hbond substituents is 1. The first-order valence-electron chi connectivity index (χ1n) is 4.75. The molecule has 0 bridgehead atoms. The number of amides is 1. The number of phenols is 1. The third-order valence-corrected chi connectivity index (χ3v) is 2.56. The smallest absolute Gasteiger partial charge is 0.220 e. The number of hydrogen-bond acceptors (Lipinski definition) is 2. The minimum atomic E-state index is -0.0110. The summed E-state index contributed by atoms with van der Waals surface area (Å²) in [6, 6.07) is 5.53. The molecule has 1 aliphatic heterocycles. The number of rotatable bonds is 1. The fourth-order valence-corrected chi connectivity index (χ4v) is 1.80. The molecule has 1 amide bonds. The summed E-state index contributed by atoms with van der Waals surface area (Å²) in [5.41, 5.74) is 1.84. The van der Waals surface area contributed by atoms with E-state index in [0.29, 0.717) is 6.42 Å². The molecule has 0 saturated carbocycles. The van der Waals surface area contributed by atoms with Gasteiger partial charge in [0, 0.05) is 12.0 Å². The van der Waals surface area contributed by atoms with Gasteiger partial charge in [-0.3, -0.25) is 4.79 Å². The van der Waals surface area contributed by atoms with E-state index in [1.807, 2.05) is 19.1 Å². The van der Waals surface area contributed by atoms with E-state index in [2.05, 4.69) is 5.32 Å². The summed E-state index contributed by atoms with van der Waals surface area (Å²) in [5.74, 6) is 0.340. The van der Waals surface area contributed by atoms with E-state index in [-0.39, 0.29) is 17.7 Å². The molecular formula is C11H13NO2. The summed E-state index contributed by atoms with van der Waals surface area (Å²) < 4.78 is 0. The van der Waals surface area contributed by atoms with Crippen LogP contribution in [0, 0.1) is 6.92 Å². The molecule has 2 N–H and O–H groups in total. The molecule has 1 aromatic rings. The molecule has 1 saturated heterocycles. The average Bonchev–Trinajstić information content (AvgIpc) is 2.51. The fourth-order valence-electron chi connectivity index (χ4n) is 1.80. The molecule has 0 radical (unpaired) electrons. The van der Waals surface area contributed by atoms with Crippen molar-refractivity contribution in [3.8, 4) is 5.75 Å². The molecule has 1 aliphatic rings. The summed E-state index contributed by atoms with van der Waals surface area (Å²) in [7, 11) is 0. The maximum absolute atomic E-state index is 11.0. The predicted molar refractivity (Wildman–Crippen MR) is 53.0 cm³/mol. The van der Waals surface area contributed by atoms with Crippen molar-refractivity contribution in [2.24, 2.45) is 0 Å². The molecule has 1 atom stereocenters. The summed E-state index contributed by atoms with van der Waals surface area (Å²) in [5, 5.41) is 12.5. The van der Waals surface area contributed by atoms with Crippen molar-refractivity contribution in [2.45, 2.75) is 25.8 Å². The Morgan fingerprint density at radius 1 is 1.50 bits per heavy atom. The van der Waals surface area contributed by atoms with Crippen LogP contribution in [0.4, 0.5) is 0 Å². The lowest BCUT2D eigenvalue weighted by Crippen LogP contribution is -2.18. The first-order valence-corrected chi connectivity index (χ1v) is 4.75. The van der Waals surface area contributed by atoms with Crippen molar-refractivity contribution in [1.82, 2.24) is 5.32 Å². The molecule has 3 heteroatoms. The third kappa shape index (κ3) is 1.58. The second kappa shape index (κ2) is 3.33. The zero-order chi connectivity index (χ0) is 10.1. The van der Waals surface area contributed by atoms with Crippen molar-refractivity contribution in [3.63, 3.8) is 0 Å². The van der Waals surface area contributed by atoms with Gasteiger partial charge in [-0.05, 0) is 25.0 Å². The Hall–Kier alpha value is -1.51. The molecule has 0 spiro atoms. The average molecular weight is 191 g/mol. The van der Waals surface area contributed by atoms with Gasteiger partial charge >= 0.3 is 0 Å². The number of aryl methyl sites for hydroxylation is 1. The highest BCUT2D eigenvalue weighted by molar-refractivity contribution is 5.78. The Morgan fingerprint density at radius 2 is 2.29 bits per heavy atom. The number of carbonyl (C=O) groups is 1. The van der Waals surface area contributed by atoms with Gasteiger partial charge in [0.2, 0.25) is 5.91 Å². The highest BCUT2D eigenvalue weighted by atomic mass is 16.3. The summed E-state index contributed by atoms with van der Waals surface area (Å²) in [6.45, 7) is 1.93. The summed E-state index contributed by atoms with van der Waals surface area (Å²) in [6.07, 6.45) is 1.33. The predicted octanol–water partition coefficient (Wildman–Crippen LogP) is 1.65. The number of aromatic hydroxyl groups is 1. The van der Waals surface area contributed by atoms with E-state index >= 15 is 0 Å². The van der Waals surface area contributed by atoms with Gasteiger partial charge < -0.3 is 10.4 Å². The van der Waals surface area contributed by atoms with Crippen molar-refractivity contribution in [1.29, 1.82) is 0 Å². The van der Waals surface area contributed by atoms with Gasteiger partial charge in [-0.1, -0.05) is 12.1 Å². The minimum absolute atomic E-state index is 0.0110. The van der Waals surface area contributed by atoms with Crippen LogP contribution in [0.25, 0.3) is 0 Å². The van der Waals surface area contributed by atoms with E-state index < -0.39 is 0 Å². The molecule has 14 heavy (non-hydrogen) atoms. The highest BCUT2D eigenvalue weighted by Gasteiger charge is 2.24. The lowest BCUT2D eigenvalue weighted by molar-refractivity contribution is -0.119. The maximum Gasteiger partial charge on any atom is 0.220 e. The van der Waals surface area contributed by atoms with Crippen LogP contribution in [-0.4, -0.2) is 11.0 Å². The van der Waals surface area contributed by atoms with Crippen LogP contribution in [0.5, 0.6) is 5.75 Å². The number of hydrogen-bond donors (Lipinski definition) is 2. The fraction of sp³-hybridized carbons (Fsp3) is 0.364. The monoisotopic (exact) mass is 191 g/mol. The van der Waals surface area contributed by atoms with E-state index in [1.54, 1.807) is 6.07 Å². The van der Waals surface area contributed by atoms with Gasteiger partial charge in [0.1, 0.15) is 5.75 Å². The van der Waals surface area contributed by atoms with Crippen LogP contribution < -0.4 is 5.32 Å². The zero-order valence-corrected chi connectivity index (χ0v) is 8.08. The van der Waals surface area contributed by atoms with Gasteiger partial charge in [-0.15, -0.1) is 0 Å². The van der Waals surface area contributed by atoms with E-state index in [9.17, 15) is 9.90 Å². The molecule has 0 aliphatic carbocycles. The lowest BCUT2D eigenvalue weighted by atomic mass is 10.0. The van der Waals surface area contributed by atoms with Crippen molar-refractivity contribution < 1.29 is 9.90 Å². The molecule has 1 fully saturated rings. The van der Waals surface area contributed by atoms with Gasteiger partial charge in [0.05, 0.1) is 6.04 Å². The molecular weight excluding hydrogens is 178 g/mol. The lowest BCUT2D eigenvalue weighted by Gasteiger charge is -2.12. The Morgan fingerprint density at radius 3 is 2.86 bits per heavy atom. The van der Waals surface area contributed by atoms with Gasteiger partial charge in [-0.25, -0.2) is 0 Å². The van der Waals surface area contributed by atoms with Crippen LogP contribution in [0.2, 0.25) is 0 Å². The standard InChI is InChI=1S/C11H13NO2/c1-7-2-3-8(10(13)6-7)9-4-5-11(14)12-9/h2-3,6,9,13H,4-5H2,1H3,(H,12,14)/t9-/m1/s1. The second-order valence-corrected chi connectivity index (χ2v) is 3.72. The minimum Gasteiger partial charge on any atom is -0.508 e. The van der Waals surface area contributed by atoms with Gasteiger partial charge in [0.25, 0.3) is 0 Å². The van der Waals surface area contributed by atoms with Crippen LogP contribution in [0.1, 0.15) is 30.0 Å². The zero-order valence-electron chi connectivity index (χ0n) is 8.08. The highest BCUT2D eigenvalue weighted by Crippen LogP contribution is 2.30. The van der Waals surface area contributed by atoms with Crippen LogP contribution in [-0.2, 0) is 4.79 Å². The van der Waals surface area contributed by atoms with Crippen LogP contribution in [0.3, 0.4) is 0 Å². The third-order valence-electron chi connectivity index (χ3n) is 2.56. The first-order chi connectivity index (χ1) is 6.66. The van der Waals surface area contributed by atoms with Crippen LogP contribution >= 0.6 is 0 Å². The Bertz CT molecular complexity index is 374.